The van der Waals surface area contributed by atoms with Crippen LogP contribution in [0.2, 0.25) is 0 Å². The van der Waals surface area contributed by atoms with Crippen molar-refractivity contribution in [2.45, 2.75) is 39.5 Å². The van der Waals surface area contributed by atoms with E-state index in [-0.39, 0.29) is 5.92 Å². The van der Waals surface area contributed by atoms with Crippen LogP contribution in [0.4, 0.5) is 0 Å². The van der Waals surface area contributed by atoms with Gasteiger partial charge in [0.25, 0.3) is 0 Å². The number of para-hydroxylation sites is 1. The zero-order valence-corrected chi connectivity index (χ0v) is 14.0. The molecule has 0 radical (unpaired) electrons. The first-order chi connectivity index (χ1) is 11.3. The second kappa shape index (κ2) is 4.75. The predicted octanol–water partition coefficient (Wildman–Crippen LogP) is 1.94. The maximum atomic E-state index is 11.7. The van der Waals surface area contributed by atoms with Gasteiger partial charge in [0.2, 0.25) is 0 Å². The first-order valence-corrected chi connectivity index (χ1v) is 8.16. The highest BCUT2D eigenvalue weighted by atomic mass is 16.4. The molecule has 24 heavy (non-hydrogen) atoms. The highest BCUT2D eigenvalue weighted by Crippen LogP contribution is 2.59. The molecule has 3 aromatic rings. The van der Waals surface area contributed by atoms with Gasteiger partial charge in [0.15, 0.2) is 11.5 Å². The number of hydrogen-bond donors (Lipinski definition) is 0. The average molecular weight is 323 g/mol. The molecule has 6 nitrogen and oxygen atoms in total. The van der Waals surface area contributed by atoms with E-state index in [0.717, 1.165) is 23.0 Å². The molecule has 0 bridgehead atoms. The standard InChI is InChI=1S/C18H20N4O2/c1-17(2)12(8-9-18(17,3)16(23)24)14-20-15-11-6-4-5-7-13(11)19-10-22(15)21-14/h4-7,10,12H,8-9H2,1-3H3,(H,23,24)/p-1/t12-,18-/m1/s1. The Kier molecular flexibility index (Phi) is 2.98. The molecule has 0 spiro atoms. The van der Waals surface area contributed by atoms with Crippen molar-refractivity contribution in [1.82, 2.24) is 19.6 Å². The zero-order chi connectivity index (χ0) is 17.1. The van der Waals surface area contributed by atoms with Crippen LogP contribution >= 0.6 is 0 Å². The lowest BCUT2D eigenvalue weighted by atomic mass is 9.65. The number of fused-ring (bicyclic) bond motifs is 3. The molecule has 0 amide bonds. The summed E-state index contributed by atoms with van der Waals surface area (Å²) in [5.41, 5.74) is 0.262. The van der Waals surface area contributed by atoms with Gasteiger partial charge < -0.3 is 9.90 Å². The Morgan fingerprint density at radius 3 is 2.75 bits per heavy atom. The van der Waals surface area contributed by atoms with Gasteiger partial charge in [0.1, 0.15) is 6.33 Å². The Labute approximate surface area is 139 Å². The van der Waals surface area contributed by atoms with E-state index in [0.29, 0.717) is 12.2 Å². The number of carboxylic acids is 1. The zero-order valence-electron chi connectivity index (χ0n) is 14.0. The van der Waals surface area contributed by atoms with Gasteiger partial charge in [-0.1, -0.05) is 32.9 Å². The molecule has 1 aliphatic carbocycles. The lowest BCUT2D eigenvalue weighted by Gasteiger charge is -2.41. The van der Waals surface area contributed by atoms with Gasteiger partial charge in [0, 0.05) is 22.7 Å². The maximum Gasteiger partial charge on any atom is 0.166 e. The number of carboxylic acid groups (broad SMARTS) is 1. The molecule has 0 saturated heterocycles. The van der Waals surface area contributed by atoms with E-state index in [1.165, 1.54) is 0 Å². The summed E-state index contributed by atoms with van der Waals surface area (Å²) in [6.07, 6.45) is 2.97. The van der Waals surface area contributed by atoms with Crippen molar-refractivity contribution < 1.29 is 9.90 Å². The molecule has 124 valence electrons. The van der Waals surface area contributed by atoms with Crippen LogP contribution in [0, 0.1) is 10.8 Å². The Bertz CT molecular complexity index is 962. The molecule has 2 heterocycles. The van der Waals surface area contributed by atoms with Gasteiger partial charge in [-0.05, 0) is 30.4 Å². The highest BCUT2D eigenvalue weighted by Gasteiger charge is 2.54. The third kappa shape index (κ3) is 1.82. The van der Waals surface area contributed by atoms with Gasteiger partial charge in [-0.15, -0.1) is 5.10 Å². The monoisotopic (exact) mass is 323 g/mol. The second-order valence-electron chi connectivity index (χ2n) is 7.43. The number of nitrogens with zero attached hydrogens (tertiary/aromatic N) is 4. The van der Waals surface area contributed by atoms with Crippen LogP contribution in [0.5, 0.6) is 0 Å². The molecule has 4 rings (SSSR count). The first kappa shape index (κ1) is 15.1. The fourth-order valence-electron chi connectivity index (χ4n) is 3.96. The molecule has 0 unspecified atom stereocenters. The van der Waals surface area contributed by atoms with E-state index in [1.807, 2.05) is 38.1 Å². The van der Waals surface area contributed by atoms with Gasteiger partial charge in [0.05, 0.1) is 5.52 Å². The lowest BCUT2D eigenvalue weighted by molar-refractivity contribution is -0.322. The molecule has 1 fully saturated rings. The maximum absolute atomic E-state index is 11.7. The molecular formula is C18H19N4O2-. The number of rotatable bonds is 2. The van der Waals surface area contributed by atoms with Gasteiger partial charge >= 0.3 is 0 Å². The fraction of sp³-hybridized carbons (Fsp3) is 0.444. The summed E-state index contributed by atoms with van der Waals surface area (Å²) >= 11 is 0. The minimum atomic E-state index is -0.995. The summed E-state index contributed by atoms with van der Waals surface area (Å²) < 4.78 is 1.68. The van der Waals surface area contributed by atoms with Crippen molar-refractivity contribution in [2.24, 2.45) is 10.8 Å². The third-order valence-corrected chi connectivity index (χ3v) is 6.09. The number of hydrogen-bond acceptors (Lipinski definition) is 5. The molecular weight excluding hydrogens is 304 g/mol. The van der Waals surface area contributed by atoms with Crippen molar-refractivity contribution in [3.8, 4) is 0 Å². The van der Waals surface area contributed by atoms with Gasteiger partial charge in [-0.2, -0.15) is 0 Å². The third-order valence-electron chi connectivity index (χ3n) is 6.09. The Morgan fingerprint density at radius 1 is 1.29 bits per heavy atom. The molecule has 2 aromatic heterocycles. The second-order valence-corrected chi connectivity index (χ2v) is 7.43. The van der Waals surface area contributed by atoms with Crippen LogP contribution in [-0.2, 0) is 4.79 Å². The molecule has 1 saturated carbocycles. The highest BCUT2D eigenvalue weighted by molar-refractivity contribution is 5.90. The number of carbonyl (C=O) groups is 1. The summed E-state index contributed by atoms with van der Waals surface area (Å²) in [6.45, 7) is 5.72. The van der Waals surface area contributed by atoms with Crippen molar-refractivity contribution in [2.75, 3.05) is 0 Å². The van der Waals surface area contributed by atoms with Crippen LogP contribution < -0.4 is 5.11 Å². The van der Waals surface area contributed by atoms with Crippen molar-refractivity contribution in [3.05, 3.63) is 36.4 Å². The van der Waals surface area contributed by atoms with Crippen LogP contribution in [0.3, 0.4) is 0 Å². The Hall–Kier alpha value is -2.50. The Morgan fingerprint density at radius 2 is 2.04 bits per heavy atom. The van der Waals surface area contributed by atoms with E-state index in [4.69, 9.17) is 4.98 Å². The Balaban J connectivity index is 1.86. The summed E-state index contributed by atoms with van der Waals surface area (Å²) in [7, 11) is 0. The summed E-state index contributed by atoms with van der Waals surface area (Å²) in [6, 6.07) is 7.80. The van der Waals surface area contributed by atoms with E-state index >= 15 is 0 Å². The van der Waals surface area contributed by atoms with E-state index in [2.05, 4.69) is 10.1 Å². The van der Waals surface area contributed by atoms with E-state index in [1.54, 1.807) is 17.8 Å². The molecule has 6 heteroatoms. The van der Waals surface area contributed by atoms with E-state index < -0.39 is 16.8 Å². The van der Waals surface area contributed by atoms with Crippen LogP contribution in [-0.4, -0.2) is 25.6 Å². The molecule has 1 aliphatic rings. The fourth-order valence-corrected chi connectivity index (χ4v) is 3.96. The smallest absolute Gasteiger partial charge is 0.166 e. The average Bonchev–Trinajstić information content (AvgIpc) is 3.07. The predicted molar refractivity (Wildman–Crippen MR) is 87.2 cm³/mol. The minimum Gasteiger partial charge on any atom is -0.550 e. The number of carbonyl (C=O) groups excluding carboxylic acids is 1. The lowest BCUT2D eigenvalue weighted by Crippen LogP contribution is -2.47. The molecule has 0 N–H and O–H groups in total. The van der Waals surface area contributed by atoms with E-state index in [9.17, 15) is 9.90 Å². The normalized spacial score (nSPS) is 26.2. The summed E-state index contributed by atoms with van der Waals surface area (Å²) in [5, 5.41) is 17.2. The first-order valence-electron chi connectivity index (χ1n) is 8.16. The quantitative estimate of drug-likeness (QED) is 0.719. The SMILES string of the molecule is CC1(C)[C@@H](c2nc3c4ccccc4ncn3n2)CC[C@]1(C)C(=O)[O-]. The molecule has 1 aromatic carbocycles. The van der Waals surface area contributed by atoms with Gasteiger partial charge in [-0.3, -0.25) is 0 Å². The number of aromatic nitrogens is 4. The largest absolute Gasteiger partial charge is 0.550 e. The van der Waals surface area contributed by atoms with Crippen molar-refractivity contribution in [1.29, 1.82) is 0 Å². The molecule has 2 atom stereocenters. The van der Waals surface area contributed by atoms with Crippen LogP contribution in [0.1, 0.15) is 45.4 Å². The number of benzene rings is 1. The minimum absolute atomic E-state index is 0.0286. The summed E-state index contributed by atoms with van der Waals surface area (Å²) in [5.74, 6) is -0.340. The van der Waals surface area contributed by atoms with Crippen molar-refractivity contribution in [3.63, 3.8) is 0 Å². The van der Waals surface area contributed by atoms with Crippen LogP contribution in [0.15, 0.2) is 30.6 Å². The topological polar surface area (TPSA) is 83.2 Å². The number of aliphatic carboxylic acids is 1. The van der Waals surface area contributed by atoms with Gasteiger partial charge in [-0.25, -0.2) is 14.5 Å². The summed E-state index contributed by atoms with van der Waals surface area (Å²) in [4.78, 5) is 20.8. The van der Waals surface area contributed by atoms with Crippen LogP contribution in [0.25, 0.3) is 16.6 Å². The molecule has 0 aliphatic heterocycles. The van der Waals surface area contributed by atoms with Crippen molar-refractivity contribution >= 4 is 22.5 Å².